The Kier molecular flexibility index (Phi) is 4.37. The highest BCUT2D eigenvalue weighted by Gasteiger charge is 2.10. The molecule has 0 aliphatic carbocycles. The average molecular weight is 293 g/mol. The predicted octanol–water partition coefficient (Wildman–Crippen LogP) is 1.71. The van der Waals surface area contributed by atoms with Gasteiger partial charge in [-0.05, 0) is 24.3 Å². The van der Waals surface area contributed by atoms with Crippen LogP contribution in [-0.4, -0.2) is 21.5 Å². The summed E-state index contributed by atoms with van der Waals surface area (Å²) in [6.45, 7) is 0.239. The first-order chi connectivity index (χ1) is 9.56. The van der Waals surface area contributed by atoms with Crippen LogP contribution in [0, 0.1) is 0 Å². The van der Waals surface area contributed by atoms with Gasteiger partial charge in [0.2, 0.25) is 0 Å². The summed E-state index contributed by atoms with van der Waals surface area (Å²) in [4.78, 5) is 27.4. The van der Waals surface area contributed by atoms with Crippen molar-refractivity contribution < 1.29 is 9.59 Å². The molecule has 0 aliphatic rings. The second kappa shape index (κ2) is 6.21. The topological polar surface area (TPSA) is 76.0 Å². The predicted molar refractivity (Wildman–Crippen MR) is 74.4 cm³/mol. The van der Waals surface area contributed by atoms with Crippen LogP contribution in [0.3, 0.4) is 0 Å². The number of amides is 3. The normalized spacial score (nSPS) is 10.1. The fourth-order valence-corrected chi connectivity index (χ4v) is 1.67. The first kappa shape index (κ1) is 14.1. The summed E-state index contributed by atoms with van der Waals surface area (Å²) in [7, 11) is 1.82. The molecule has 20 heavy (non-hydrogen) atoms. The van der Waals surface area contributed by atoms with Crippen molar-refractivity contribution in [3.05, 3.63) is 53.1 Å². The molecule has 0 unspecified atom stereocenters. The van der Waals surface area contributed by atoms with Crippen LogP contribution in [0.15, 0.2) is 36.7 Å². The number of benzene rings is 1. The summed E-state index contributed by atoms with van der Waals surface area (Å²) in [6, 6.07) is 5.69. The number of nitrogens with zero attached hydrogens (tertiary/aromatic N) is 2. The molecule has 2 N–H and O–H groups in total. The van der Waals surface area contributed by atoms with E-state index in [4.69, 9.17) is 11.6 Å². The minimum atomic E-state index is -0.576. The van der Waals surface area contributed by atoms with Crippen molar-refractivity contribution in [3.63, 3.8) is 0 Å². The highest BCUT2D eigenvalue weighted by Crippen LogP contribution is 2.09. The molecule has 0 saturated carbocycles. The Bertz CT molecular complexity index is 622. The van der Waals surface area contributed by atoms with Crippen molar-refractivity contribution in [2.24, 2.45) is 7.05 Å². The molecule has 1 aromatic heterocycles. The molecule has 0 saturated heterocycles. The molecule has 104 valence electrons. The molecule has 3 amide bonds. The molecule has 0 radical (unpaired) electrons. The molecule has 2 rings (SSSR count). The maximum atomic E-state index is 11.8. The fraction of sp³-hybridized carbons (Fsp3) is 0.154. The van der Waals surface area contributed by atoms with Crippen LogP contribution < -0.4 is 10.6 Å². The smallest absolute Gasteiger partial charge is 0.322 e. The minimum Gasteiger partial charge on any atom is -0.337 e. The number of carbonyl (C=O) groups is 2. The minimum absolute atomic E-state index is 0.239. The largest absolute Gasteiger partial charge is 0.337 e. The summed E-state index contributed by atoms with van der Waals surface area (Å²) in [5, 5.41) is 5.31. The van der Waals surface area contributed by atoms with Gasteiger partial charge in [-0.15, -0.1) is 0 Å². The van der Waals surface area contributed by atoms with Gasteiger partial charge in [0.25, 0.3) is 5.91 Å². The number of carbonyl (C=O) groups excluding carboxylic acids is 2. The third-order valence-corrected chi connectivity index (χ3v) is 2.91. The van der Waals surface area contributed by atoms with Crippen LogP contribution in [0.4, 0.5) is 4.79 Å². The number of imide groups is 1. The van der Waals surface area contributed by atoms with Crippen molar-refractivity contribution in [3.8, 4) is 0 Å². The molecular formula is C13H13ClN4O2. The Morgan fingerprint density at radius 1 is 1.30 bits per heavy atom. The highest BCUT2D eigenvalue weighted by molar-refractivity contribution is 6.30. The number of urea groups is 1. The molecule has 0 atom stereocenters. The molecule has 6 nitrogen and oxygen atoms in total. The van der Waals surface area contributed by atoms with E-state index < -0.39 is 11.9 Å². The second-order valence-electron chi connectivity index (χ2n) is 4.10. The van der Waals surface area contributed by atoms with Crippen LogP contribution in [0.1, 0.15) is 16.2 Å². The van der Waals surface area contributed by atoms with Gasteiger partial charge in [-0.25, -0.2) is 9.78 Å². The molecule has 0 spiro atoms. The van der Waals surface area contributed by atoms with Gasteiger partial charge >= 0.3 is 6.03 Å². The summed E-state index contributed by atoms with van der Waals surface area (Å²) in [5.74, 6) is 0.207. The molecule has 0 aliphatic heterocycles. The number of hydrogen-bond acceptors (Lipinski definition) is 3. The van der Waals surface area contributed by atoms with Gasteiger partial charge < -0.3 is 9.88 Å². The van der Waals surface area contributed by atoms with E-state index in [0.717, 1.165) is 0 Å². The van der Waals surface area contributed by atoms with E-state index in [1.165, 1.54) is 0 Å². The number of hydrogen-bond donors (Lipinski definition) is 2. The van der Waals surface area contributed by atoms with E-state index in [1.54, 1.807) is 41.2 Å². The standard InChI is InChI=1S/C13H13ClN4O2/c1-18-7-6-15-11(18)8-16-13(20)17-12(19)9-2-4-10(14)5-3-9/h2-7H,8H2,1H3,(H2,16,17,19,20). The Morgan fingerprint density at radius 3 is 2.60 bits per heavy atom. The molecule has 1 heterocycles. The van der Waals surface area contributed by atoms with E-state index in [0.29, 0.717) is 16.4 Å². The monoisotopic (exact) mass is 292 g/mol. The Labute approximate surface area is 120 Å². The number of nitrogens with one attached hydrogen (secondary N) is 2. The number of aromatic nitrogens is 2. The molecule has 1 aromatic carbocycles. The maximum absolute atomic E-state index is 11.8. The Hall–Kier alpha value is -2.34. The zero-order valence-corrected chi connectivity index (χ0v) is 11.5. The third kappa shape index (κ3) is 3.58. The summed E-state index contributed by atoms with van der Waals surface area (Å²) in [5.41, 5.74) is 0.363. The lowest BCUT2D eigenvalue weighted by atomic mass is 10.2. The lowest BCUT2D eigenvalue weighted by Gasteiger charge is -2.07. The zero-order chi connectivity index (χ0) is 14.5. The van der Waals surface area contributed by atoms with Gasteiger partial charge in [0.05, 0.1) is 6.54 Å². The van der Waals surface area contributed by atoms with E-state index in [2.05, 4.69) is 15.6 Å². The summed E-state index contributed by atoms with van der Waals surface area (Å²) in [6.07, 6.45) is 3.40. The Balaban J connectivity index is 1.86. The van der Waals surface area contributed by atoms with Crippen molar-refractivity contribution in [1.82, 2.24) is 20.2 Å². The molecular weight excluding hydrogens is 280 g/mol. The van der Waals surface area contributed by atoms with Gasteiger partial charge in [-0.3, -0.25) is 10.1 Å². The first-order valence-corrected chi connectivity index (χ1v) is 6.25. The van der Waals surface area contributed by atoms with Gasteiger partial charge in [-0.2, -0.15) is 0 Å². The van der Waals surface area contributed by atoms with Gasteiger partial charge in [-0.1, -0.05) is 11.6 Å². The summed E-state index contributed by atoms with van der Waals surface area (Å²) < 4.78 is 1.78. The van der Waals surface area contributed by atoms with Crippen LogP contribution in [0.25, 0.3) is 0 Å². The van der Waals surface area contributed by atoms with Crippen molar-refractivity contribution >= 4 is 23.5 Å². The number of rotatable bonds is 3. The highest BCUT2D eigenvalue weighted by atomic mass is 35.5. The van der Waals surface area contributed by atoms with Gasteiger partial charge in [0.15, 0.2) is 0 Å². The molecule has 0 bridgehead atoms. The van der Waals surface area contributed by atoms with Crippen LogP contribution in [0.5, 0.6) is 0 Å². The van der Waals surface area contributed by atoms with E-state index in [-0.39, 0.29) is 6.54 Å². The second-order valence-corrected chi connectivity index (χ2v) is 4.53. The molecule has 0 fully saturated rings. The number of halogens is 1. The van der Waals surface area contributed by atoms with E-state index >= 15 is 0 Å². The summed E-state index contributed by atoms with van der Waals surface area (Å²) >= 11 is 5.72. The lowest BCUT2D eigenvalue weighted by Crippen LogP contribution is -2.39. The quantitative estimate of drug-likeness (QED) is 0.904. The van der Waals surface area contributed by atoms with Crippen molar-refractivity contribution in [1.29, 1.82) is 0 Å². The Morgan fingerprint density at radius 2 is 2.00 bits per heavy atom. The zero-order valence-electron chi connectivity index (χ0n) is 10.8. The fourth-order valence-electron chi connectivity index (χ4n) is 1.55. The van der Waals surface area contributed by atoms with Crippen LogP contribution >= 0.6 is 11.6 Å². The van der Waals surface area contributed by atoms with E-state index in [9.17, 15) is 9.59 Å². The average Bonchev–Trinajstić information content (AvgIpc) is 2.82. The van der Waals surface area contributed by atoms with Gasteiger partial charge in [0.1, 0.15) is 5.82 Å². The van der Waals surface area contributed by atoms with Gasteiger partial charge in [0, 0.05) is 30.0 Å². The molecule has 7 heteroatoms. The third-order valence-electron chi connectivity index (χ3n) is 2.66. The van der Waals surface area contributed by atoms with Crippen molar-refractivity contribution in [2.75, 3.05) is 0 Å². The SMILES string of the molecule is Cn1ccnc1CNC(=O)NC(=O)c1ccc(Cl)cc1. The first-order valence-electron chi connectivity index (χ1n) is 5.87. The molecule has 2 aromatic rings. The number of imidazole rings is 1. The van der Waals surface area contributed by atoms with Crippen molar-refractivity contribution in [2.45, 2.75) is 6.54 Å². The maximum Gasteiger partial charge on any atom is 0.322 e. The van der Waals surface area contributed by atoms with Crippen LogP contribution in [0.2, 0.25) is 5.02 Å². The number of aryl methyl sites for hydroxylation is 1. The lowest BCUT2D eigenvalue weighted by molar-refractivity contribution is 0.0964. The van der Waals surface area contributed by atoms with Crippen LogP contribution in [-0.2, 0) is 13.6 Å². The van der Waals surface area contributed by atoms with E-state index in [1.807, 2.05) is 7.05 Å².